The van der Waals surface area contributed by atoms with Crippen molar-refractivity contribution in [3.05, 3.63) is 29.6 Å². The molecule has 0 bridgehead atoms. The van der Waals surface area contributed by atoms with Crippen molar-refractivity contribution in [1.29, 1.82) is 5.26 Å². The number of rotatable bonds is 1. The molecule has 2 rings (SSSR count). The van der Waals surface area contributed by atoms with Gasteiger partial charge in [0.25, 0.3) is 5.91 Å². The highest BCUT2D eigenvalue weighted by Crippen LogP contribution is 2.17. The average molecular weight is 186 g/mol. The van der Waals surface area contributed by atoms with E-state index in [1.54, 1.807) is 6.07 Å². The van der Waals surface area contributed by atoms with E-state index in [0.717, 1.165) is 0 Å². The standard InChI is InChI=1S/C9H6N4O/c10-3-5-1-2-12-8-6(9(11)14)4-13-7(5)8/h1-2,4,13H,(H2,11,14). The summed E-state index contributed by atoms with van der Waals surface area (Å²) in [7, 11) is 0. The number of primary amides is 1. The van der Waals surface area contributed by atoms with E-state index in [1.807, 2.05) is 6.07 Å². The minimum Gasteiger partial charge on any atom is -0.365 e. The lowest BCUT2D eigenvalue weighted by atomic mass is 10.2. The Morgan fingerprint density at radius 3 is 3.07 bits per heavy atom. The first-order valence-corrected chi connectivity index (χ1v) is 3.90. The second-order valence-electron chi connectivity index (χ2n) is 2.76. The number of hydrogen-bond acceptors (Lipinski definition) is 3. The van der Waals surface area contributed by atoms with Crippen LogP contribution in [0.5, 0.6) is 0 Å². The van der Waals surface area contributed by atoms with E-state index in [4.69, 9.17) is 11.0 Å². The van der Waals surface area contributed by atoms with Gasteiger partial charge in [0.05, 0.1) is 16.6 Å². The fourth-order valence-electron chi connectivity index (χ4n) is 1.31. The number of carbonyl (C=O) groups is 1. The summed E-state index contributed by atoms with van der Waals surface area (Å²) in [6, 6.07) is 3.57. The molecular weight excluding hydrogens is 180 g/mol. The molecule has 0 saturated carbocycles. The normalized spacial score (nSPS) is 9.93. The van der Waals surface area contributed by atoms with Gasteiger partial charge in [0.15, 0.2) is 0 Å². The molecule has 0 aliphatic carbocycles. The highest BCUT2D eigenvalue weighted by molar-refractivity contribution is 6.05. The van der Waals surface area contributed by atoms with Gasteiger partial charge in [-0.25, -0.2) is 0 Å². The fraction of sp³-hybridized carbons (Fsp3) is 0. The number of carbonyl (C=O) groups excluding carboxylic acids is 1. The van der Waals surface area contributed by atoms with Crippen molar-refractivity contribution in [2.24, 2.45) is 5.73 Å². The third kappa shape index (κ3) is 1.02. The topological polar surface area (TPSA) is 95.6 Å². The Labute approximate surface area is 79.2 Å². The van der Waals surface area contributed by atoms with E-state index in [1.165, 1.54) is 12.4 Å². The predicted molar refractivity (Wildman–Crippen MR) is 49.3 cm³/mol. The third-order valence-corrected chi connectivity index (χ3v) is 1.95. The lowest BCUT2D eigenvalue weighted by Crippen LogP contribution is -2.10. The monoisotopic (exact) mass is 186 g/mol. The maximum absolute atomic E-state index is 11.0. The number of nitrogens with two attached hydrogens (primary N) is 1. The summed E-state index contributed by atoms with van der Waals surface area (Å²) < 4.78 is 0. The fourth-order valence-corrected chi connectivity index (χ4v) is 1.31. The molecule has 1 amide bonds. The molecule has 68 valence electrons. The molecule has 0 aromatic carbocycles. The summed E-state index contributed by atoms with van der Waals surface area (Å²) in [5.74, 6) is -0.557. The molecule has 5 heteroatoms. The molecule has 2 aromatic rings. The Bertz CT molecular complexity index is 549. The van der Waals surface area contributed by atoms with Crippen molar-refractivity contribution in [1.82, 2.24) is 9.97 Å². The van der Waals surface area contributed by atoms with Crippen molar-refractivity contribution in [2.75, 3.05) is 0 Å². The van der Waals surface area contributed by atoms with E-state index in [9.17, 15) is 4.79 Å². The summed E-state index contributed by atoms with van der Waals surface area (Å²) >= 11 is 0. The van der Waals surface area contributed by atoms with Crippen LogP contribution in [0.15, 0.2) is 18.5 Å². The van der Waals surface area contributed by atoms with Gasteiger partial charge >= 0.3 is 0 Å². The van der Waals surface area contributed by atoms with E-state index < -0.39 is 5.91 Å². The van der Waals surface area contributed by atoms with Crippen LogP contribution in [-0.2, 0) is 0 Å². The maximum atomic E-state index is 11.0. The number of nitrogens with one attached hydrogen (secondary N) is 1. The molecule has 2 aromatic heterocycles. The van der Waals surface area contributed by atoms with E-state index >= 15 is 0 Å². The Hall–Kier alpha value is -2.35. The molecule has 0 atom stereocenters. The minimum atomic E-state index is -0.557. The number of nitrogens with zero attached hydrogens (tertiary/aromatic N) is 2. The Morgan fingerprint density at radius 1 is 1.64 bits per heavy atom. The van der Waals surface area contributed by atoms with Crippen molar-refractivity contribution in [2.45, 2.75) is 0 Å². The van der Waals surface area contributed by atoms with Gasteiger partial charge in [-0.1, -0.05) is 0 Å². The predicted octanol–water partition coefficient (Wildman–Crippen LogP) is 0.533. The number of hydrogen-bond donors (Lipinski definition) is 2. The molecule has 0 spiro atoms. The smallest absolute Gasteiger partial charge is 0.252 e. The largest absolute Gasteiger partial charge is 0.365 e. The first kappa shape index (κ1) is 8.26. The van der Waals surface area contributed by atoms with Crippen LogP contribution in [0.25, 0.3) is 11.0 Å². The van der Waals surface area contributed by atoms with Crippen molar-refractivity contribution < 1.29 is 4.79 Å². The SMILES string of the molecule is N#Cc1ccnc2c(C(N)=O)c[nH]c12. The number of nitriles is 1. The zero-order valence-electron chi connectivity index (χ0n) is 7.11. The van der Waals surface area contributed by atoms with Crippen LogP contribution in [0.1, 0.15) is 15.9 Å². The van der Waals surface area contributed by atoms with Crippen LogP contribution >= 0.6 is 0 Å². The molecule has 0 saturated heterocycles. The van der Waals surface area contributed by atoms with Gasteiger partial charge < -0.3 is 10.7 Å². The lowest BCUT2D eigenvalue weighted by molar-refractivity contribution is 0.100. The van der Waals surface area contributed by atoms with Crippen LogP contribution < -0.4 is 5.73 Å². The molecule has 5 nitrogen and oxygen atoms in total. The molecule has 0 aliphatic heterocycles. The number of pyridine rings is 1. The third-order valence-electron chi connectivity index (χ3n) is 1.95. The summed E-state index contributed by atoms with van der Waals surface area (Å²) in [6.45, 7) is 0. The zero-order valence-corrected chi connectivity index (χ0v) is 7.11. The Kier molecular flexibility index (Phi) is 1.68. The molecule has 0 radical (unpaired) electrons. The lowest BCUT2D eigenvalue weighted by Gasteiger charge is -1.92. The van der Waals surface area contributed by atoms with E-state index in [-0.39, 0.29) is 0 Å². The molecule has 0 unspecified atom stereocenters. The average Bonchev–Trinajstić information content (AvgIpc) is 2.60. The molecule has 3 N–H and O–H groups in total. The first-order chi connectivity index (χ1) is 6.74. The van der Waals surface area contributed by atoms with Gasteiger partial charge in [-0.15, -0.1) is 0 Å². The van der Waals surface area contributed by atoms with Gasteiger partial charge in [0.2, 0.25) is 0 Å². The van der Waals surface area contributed by atoms with Gasteiger partial charge in [-0.2, -0.15) is 5.26 Å². The first-order valence-electron chi connectivity index (χ1n) is 3.90. The van der Waals surface area contributed by atoms with Crippen molar-refractivity contribution in [3.63, 3.8) is 0 Å². The van der Waals surface area contributed by atoms with Crippen LogP contribution in [0, 0.1) is 11.3 Å². The number of amides is 1. The van der Waals surface area contributed by atoms with E-state index in [2.05, 4.69) is 9.97 Å². The maximum Gasteiger partial charge on any atom is 0.252 e. The Balaban J connectivity index is 2.84. The van der Waals surface area contributed by atoms with Crippen LogP contribution in [0.2, 0.25) is 0 Å². The summed E-state index contributed by atoms with van der Waals surface area (Å²) in [5.41, 5.74) is 6.87. The minimum absolute atomic E-state index is 0.303. The van der Waals surface area contributed by atoms with E-state index in [0.29, 0.717) is 22.2 Å². The van der Waals surface area contributed by atoms with Gasteiger partial charge in [-0.05, 0) is 6.07 Å². The number of aromatic nitrogens is 2. The van der Waals surface area contributed by atoms with Gasteiger partial charge in [-0.3, -0.25) is 9.78 Å². The van der Waals surface area contributed by atoms with Gasteiger partial charge in [0.1, 0.15) is 11.6 Å². The number of aromatic amines is 1. The molecular formula is C9H6N4O. The molecule has 0 aliphatic rings. The summed E-state index contributed by atoms with van der Waals surface area (Å²) in [6.07, 6.45) is 2.93. The van der Waals surface area contributed by atoms with Crippen molar-refractivity contribution in [3.8, 4) is 6.07 Å². The highest BCUT2D eigenvalue weighted by Gasteiger charge is 2.11. The molecule has 0 fully saturated rings. The van der Waals surface area contributed by atoms with Gasteiger partial charge in [0, 0.05) is 12.4 Å². The second kappa shape index (κ2) is 2.85. The van der Waals surface area contributed by atoms with Crippen LogP contribution in [-0.4, -0.2) is 15.9 Å². The molecule has 2 heterocycles. The summed E-state index contributed by atoms with van der Waals surface area (Å²) in [4.78, 5) is 17.7. The second-order valence-corrected chi connectivity index (χ2v) is 2.76. The number of H-pyrrole nitrogens is 1. The number of fused-ring (bicyclic) bond motifs is 1. The molecule has 14 heavy (non-hydrogen) atoms. The van der Waals surface area contributed by atoms with Crippen molar-refractivity contribution >= 4 is 16.9 Å². The van der Waals surface area contributed by atoms with Crippen LogP contribution in [0.3, 0.4) is 0 Å². The highest BCUT2D eigenvalue weighted by atomic mass is 16.1. The Morgan fingerprint density at radius 2 is 2.43 bits per heavy atom. The quantitative estimate of drug-likeness (QED) is 0.680. The van der Waals surface area contributed by atoms with Crippen LogP contribution in [0.4, 0.5) is 0 Å². The summed E-state index contributed by atoms with van der Waals surface area (Å²) in [5, 5.41) is 8.77. The zero-order chi connectivity index (χ0) is 10.1.